The maximum absolute atomic E-state index is 11.3. The van der Waals surface area contributed by atoms with Crippen LogP contribution in [-0.2, 0) is 16.1 Å². The van der Waals surface area contributed by atoms with E-state index in [4.69, 9.17) is 22.3 Å². The van der Waals surface area contributed by atoms with Crippen LogP contribution in [0.25, 0.3) is 10.9 Å². The SMILES string of the molecule is Cn1c(Cl)cc2cccc(S(=O)(=O)Cl)c21. The molecule has 0 unspecified atom stereocenters. The van der Waals surface area contributed by atoms with Crippen molar-refractivity contribution in [3.8, 4) is 0 Å². The van der Waals surface area contributed by atoms with Gasteiger partial charge in [0.1, 0.15) is 10.0 Å². The number of para-hydroxylation sites is 1. The van der Waals surface area contributed by atoms with Gasteiger partial charge in [-0.15, -0.1) is 0 Å². The maximum Gasteiger partial charge on any atom is 0.263 e. The van der Waals surface area contributed by atoms with Gasteiger partial charge < -0.3 is 4.57 Å². The molecule has 0 aliphatic heterocycles. The van der Waals surface area contributed by atoms with E-state index in [1.807, 2.05) is 0 Å². The van der Waals surface area contributed by atoms with Gasteiger partial charge in [-0.1, -0.05) is 23.7 Å². The molecule has 15 heavy (non-hydrogen) atoms. The van der Waals surface area contributed by atoms with Crippen LogP contribution in [0.15, 0.2) is 29.2 Å². The van der Waals surface area contributed by atoms with Crippen LogP contribution >= 0.6 is 22.3 Å². The lowest BCUT2D eigenvalue weighted by Crippen LogP contribution is -1.96. The molecule has 1 aromatic carbocycles. The predicted octanol–water partition coefficient (Wildman–Crippen LogP) is 2.76. The zero-order valence-corrected chi connectivity index (χ0v) is 10.1. The van der Waals surface area contributed by atoms with Crippen LogP contribution < -0.4 is 0 Å². The number of hydrogen-bond donors (Lipinski definition) is 0. The largest absolute Gasteiger partial charge is 0.334 e. The number of hydrogen-bond acceptors (Lipinski definition) is 2. The van der Waals surface area contributed by atoms with Crippen molar-refractivity contribution in [2.75, 3.05) is 0 Å². The van der Waals surface area contributed by atoms with Crippen LogP contribution in [-0.4, -0.2) is 13.0 Å². The zero-order valence-electron chi connectivity index (χ0n) is 7.74. The van der Waals surface area contributed by atoms with Crippen molar-refractivity contribution in [3.63, 3.8) is 0 Å². The van der Waals surface area contributed by atoms with Gasteiger partial charge in [0, 0.05) is 23.1 Å². The first kappa shape index (κ1) is 10.8. The van der Waals surface area contributed by atoms with Crippen molar-refractivity contribution in [2.24, 2.45) is 7.05 Å². The van der Waals surface area contributed by atoms with Crippen LogP contribution in [0.3, 0.4) is 0 Å². The van der Waals surface area contributed by atoms with Gasteiger partial charge in [0.15, 0.2) is 0 Å². The first-order valence-electron chi connectivity index (χ1n) is 4.10. The summed E-state index contributed by atoms with van der Waals surface area (Å²) in [6.07, 6.45) is 0. The smallest absolute Gasteiger partial charge is 0.263 e. The number of aryl methyl sites for hydroxylation is 1. The Morgan fingerprint density at radius 1 is 1.33 bits per heavy atom. The third kappa shape index (κ3) is 1.73. The average Bonchev–Trinajstić information content (AvgIpc) is 2.41. The molecule has 0 bridgehead atoms. The first-order valence-corrected chi connectivity index (χ1v) is 6.78. The summed E-state index contributed by atoms with van der Waals surface area (Å²) in [6, 6.07) is 6.57. The molecule has 0 aliphatic carbocycles. The molecule has 0 saturated carbocycles. The summed E-state index contributed by atoms with van der Waals surface area (Å²) in [5.74, 6) is 0. The third-order valence-electron chi connectivity index (χ3n) is 2.22. The minimum atomic E-state index is -3.75. The molecule has 0 radical (unpaired) electrons. The lowest BCUT2D eigenvalue weighted by molar-refractivity contribution is 0.610. The highest BCUT2D eigenvalue weighted by molar-refractivity contribution is 8.14. The Morgan fingerprint density at radius 3 is 2.60 bits per heavy atom. The molecule has 0 spiro atoms. The highest BCUT2D eigenvalue weighted by Crippen LogP contribution is 2.29. The molecule has 1 aromatic heterocycles. The second-order valence-corrected chi connectivity index (χ2v) is 6.08. The highest BCUT2D eigenvalue weighted by Gasteiger charge is 2.17. The highest BCUT2D eigenvalue weighted by atomic mass is 35.7. The van der Waals surface area contributed by atoms with Gasteiger partial charge in [0.25, 0.3) is 9.05 Å². The maximum atomic E-state index is 11.3. The van der Waals surface area contributed by atoms with Gasteiger partial charge >= 0.3 is 0 Å². The lowest BCUT2D eigenvalue weighted by Gasteiger charge is -2.02. The van der Waals surface area contributed by atoms with Crippen molar-refractivity contribution in [1.29, 1.82) is 0 Å². The van der Waals surface area contributed by atoms with E-state index in [2.05, 4.69) is 0 Å². The fourth-order valence-electron chi connectivity index (χ4n) is 1.54. The first-order chi connectivity index (χ1) is 6.91. The minimum absolute atomic E-state index is 0.0797. The molecule has 0 atom stereocenters. The Morgan fingerprint density at radius 2 is 2.00 bits per heavy atom. The Hall–Kier alpha value is -0.710. The number of benzene rings is 1. The second-order valence-electron chi connectivity index (χ2n) is 3.16. The van der Waals surface area contributed by atoms with Crippen molar-refractivity contribution in [2.45, 2.75) is 4.90 Å². The van der Waals surface area contributed by atoms with Crippen LogP contribution in [0.1, 0.15) is 0 Å². The summed E-state index contributed by atoms with van der Waals surface area (Å²) in [7, 11) is 3.28. The molecule has 0 N–H and O–H groups in total. The van der Waals surface area contributed by atoms with Gasteiger partial charge in [0.05, 0.1) is 5.52 Å². The molecule has 0 fully saturated rings. The Balaban J connectivity index is 2.99. The van der Waals surface area contributed by atoms with Gasteiger partial charge in [-0.25, -0.2) is 8.42 Å². The Labute approximate surface area is 96.6 Å². The third-order valence-corrected chi connectivity index (χ3v) is 3.94. The molecule has 80 valence electrons. The van der Waals surface area contributed by atoms with Gasteiger partial charge in [0.2, 0.25) is 0 Å². The van der Waals surface area contributed by atoms with E-state index < -0.39 is 9.05 Å². The number of fused-ring (bicyclic) bond motifs is 1. The van der Waals surface area contributed by atoms with Gasteiger partial charge in [-0.2, -0.15) is 0 Å². The van der Waals surface area contributed by atoms with Gasteiger partial charge in [-0.3, -0.25) is 0 Å². The quantitative estimate of drug-likeness (QED) is 0.743. The van der Waals surface area contributed by atoms with Crippen molar-refractivity contribution < 1.29 is 8.42 Å². The van der Waals surface area contributed by atoms with Crippen molar-refractivity contribution in [1.82, 2.24) is 4.57 Å². The second kappa shape index (κ2) is 3.40. The Bertz CT molecular complexity index is 631. The minimum Gasteiger partial charge on any atom is -0.334 e. The summed E-state index contributed by atoms with van der Waals surface area (Å²) in [6.45, 7) is 0. The normalized spacial score (nSPS) is 12.2. The monoisotopic (exact) mass is 263 g/mol. The van der Waals surface area contributed by atoms with E-state index in [-0.39, 0.29) is 4.90 Å². The molecule has 3 nitrogen and oxygen atoms in total. The number of rotatable bonds is 1. The van der Waals surface area contributed by atoms with Crippen molar-refractivity contribution >= 4 is 42.2 Å². The number of aromatic nitrogens is 1. The molecule has 2 rings (SSSR count). The molecule has 6 heteroatoms. The summed E-state index contributed by atoms with van der Waals surface area (Å²) in [5.41, 5.74) is 0.525. The summed E-state index contributed by atoms with van der Waals surface area (Å²) in [5, 5.41) is 1.22. The fourth-order valence-corrected chi connectivity index (χ4v) is 2.85. The van der Waals surface area contributed by atoms with E-state index >= 15 is 0 Å². The average molecular weight is 264 g/mol. The van der Waals surface area contributed by atoms with Gasteiger partial charge in [-0.05, 0) is 12.1 Å². The molecule has 0 aliphatic rings. The van der Waals surface area contributed by atoms with E-state index in [1.54, 1.807) is 29.8 Å². The van der Waals surface area contributed by atoms with E-state index in [9.17, 15) is 8.42 Å². The van der Waals surface area contributed by atoms with E-state index in [1.165, 1.54) is 6.07 Å². The number of halogens is 2. The molecule has 1 heterocycles. The molecule has 0 amide bonds. The standard InChI is InChI=1S/C9H7Cl2NO2S/c1-12-8(10)5-6-3-2-4-7(9(6)12)15(11,13)14/h2-5H,1H3. The zero-order chi connectivity index (χ0) is 11.2. The van der Waals surface area contributed by atoms with Crippen LogP contribution in [0.2, 0.25) is 5.15 Å². The summed E-state index contributed by atoms with van der Waals surface area (Å²) >= 11 is 5.90. The molecular formula is C9H7Cl2NO2S. The van der Waals surface area contributed by atoms with Crippen LogP contribution in [0.4, 0.5) is 0 Å². The number of nitrogens with zero attached hydrogens (tertiary/aromatic N) is 1. The van der Waals surface area contributed by atoms with Crippen LogP contribution in [0.5, 0.6) is 0 Å². The van der Waals surface area contributed by atoms with E-state index in [0.717, 1.165) is 5.39 Å². The lowest BCUT2D eigenvalue weighted by atomic mass is 10.2. The van der Waals surface area contributed by atoms with E-state index in [0.29, 0.717) is 10.7 Å². The molecule has 2 aromatic rings. The summed E-state index contributed by atoms with van der Waals surface area (Å²) in [4.78, 5) is 0.0797. The predicted molar refractivity (Wildman–Crippen MR) is 61.0 cm³/mol. The topological polar surface area (TPSA) is 39.1 Å². The van der Waals surface area contributed by atoms with Crippen molar-refractivity contribution in [3.05, 3.63) is 29.4 Å². The fraction of sp³-hybridized carbons (Fsp3) is 0.111. The molecular weight excluding hydrogens is 257 g/mol. The molecule has 0 saturated heterocycles. The Kier molecular flexibility index (Phi) is 2.45. The summed E-state index contributed by atoms with van der Waals surface area (Å²) < 4.78 is 24.2. The van der Waals surface area contributed by atoms with Crippen LogP contribution in [0, 0.1) is 0 Å².